The molecule has 0 saturated heterocycles. The molecule has 2 N–H and O–H groups in total. The van der Waals surface area contributed by atoms with E-state index in [1.54, 1.807) is 12.1 Å². The van der Waals surface area contributed by atoms with Gasteiger partial charge in [-0.1, -0.05) is 36.4 Å². The molecule has 0 atom stereocenters. The number of aliphatic carboxylic acids is 1. The van der Waals surface area contributed by atoms with Crippen molar-refractivity contribution in [3.05, 3.63) is 83.6 Å². The lowest BCUT2D eigenvalue weighted by Gasteiger charge is -2.24. The van der Waals surface area contributed by atoms with Gasteiger partial charge in [-0.2, -0.15) is 13.2 Å². The van der Waals surface area contributed by atoms with E-state index in [2.05, 4.69) is 15.2 Å². The van der Waals surface area contributed by atoms with Crippen molar-refractivity contribution in [2.24, 2.45) is 0 Å². The fourth-order valence-electron chi connectivity index (χ4n) is 3.71. The van der Waals surface area contributed by atoms with Crippen LogP contribution in [0.4, 0.5) is 19.0 Å². The van der Waals surface area contributed by atoms with Crippen LogP contribution in [0, 0.1) is 0 Å². The first-order chi connectivity index (χ1) is 16.7. The lowest BCUT2D eigenvalue weighted by molar-refractivity contribution is -0.138. The van der Waals surface area contributed by atoms with Gasteiger partial charge >= 0.3 is 12.1 Å². The van der Waals surface area contributed by atoms with E-state index >= 15 is 0 Å². The zero-order valence-electron chi connectivity index (χ0n) is 18.8. The number of benzene rings is 2. The molecule has 35 heavy (non-hydrogen) atoms. The number of carboxylic acid groups (broad SMARTS) is 1. The van der Waals surface area contributed by atoms with E-state index in [0.717, 1.165) is 41.9 Å². The summed E-state index contributed by atoms with van der Waals surface area (Å²) >= 11 is 0. The Bertz CT molecular complexity index is 1170. The van der Waals surface area contributed by atoms with Crippen LogP contribution in [0.3, 0.4) is 0 Å². The number of pyridine rings is 1. The zero-order chi connectivity index (χ0) is 25.0. The first kappa shape index (κ1) is 24.3. The largest absolute Gasteiger partial charge is 0.481 e. The number of aromatic nitrogens is 1. The summed E-state index contributed by atoms with van der Waals surface area (Å²) in [5.74, 6) is -0.616. The summed E-state index contributed by atoms with van der Waals surface area (Å²) in [6.45, 7) is 0.654. The number of halogens is 3. The van der Waals surface area contributed by atoms with Crippen LogP contribution >= 0.6 is 0 Å². The highest BCUT2D eigenvalue weighted by atomic mass is 19.4. The summed E-state index contributed by atoms with van der Waals surface area (Å²) in [6.07, 6.45) is -0.935. The number of alkyl halides is 3. The predicted molar refractivity (Wildman–Crippen MR) is 125 cm³/mol. The molecule has 1 fully saturated rings. The Balaban J connectivity index is 1.42. The zero-order valence-corrected chi connectivity index (χ0v) is 18.8. The van der Waals surface area contributed by atoms with Crippen molar-refractivity contribution in [2.75, 3.05) is 11.4 Å². The highest BCUT2D eigenvalue weighted by Crippen LogP contribution is 2.33. The topological polar surface area (TPSA) is 82.5 Å². The summed E-state index contributed by atoms with van der Waals surface area (Å²) in [5, 5.41) is 11.2. The van der Waals surface area contributed by atoms with Crippen LogP contribution in [0.5, 0.6) is 0 Å². The van der Waals surface area contributed by atoms with Gasteiger partial charge < -0.3 is 15.3 Å². The monoisotopic (exact) mass is 483 g/mol. The molecule has 9 heteroatoms. The van der Waals surface area contributed by atoms with Crippen LogP contribution < -0.4 is 10.2 Å². The van der Waals surface area contributed by atoms with Crippen molar-refractivity contribution in [1.29, 1.82) is 0 Å². The summed E-state index contributed by atoms with van der Waals surface area (Å²) in [4.78, 5) is 29.4. The van der Waals surface area contributed by atoms with E-state index in [1.165, 1.54) is 18.3 Å². The van der Waals surface area contributed by atoms with Crippen LogP contribution in [-0.2, 0) is 17.5 Å². The van der Waals surface area contributed by atoms with Gasteiger partial charge in [0.05, 0.1) is 17.5 Å². The van der Waals surface area contributed by atoms with E-state index in [-0.39, 0.29) is 18.9 Å². The standard InChI is InChI=1S/C26H24F3N3O3/c27-26(28,29)21-8-5-19(6-9-21)18-3-1-17(2-4-18)16-32(22-10-11-22)23-12-7-20(15-31-23)25(35)30-14-13-24(33)34/h1-9,12,15,22H,10-11,13-14,16H2,(H,30,35)(H,33,34). The van der Waals surface area contributed by atoms with E-state index < -0.39 is 17.7 Å². The Labute approximate surface area is 200 Å². The van der Waals surface area contributed by atoms with Gasteiger partial charge in [-0.05, 0) is 53.8 Å². The second-order valence-electron chi connectivity index (χ2n) is 8.44. The molecular formula is C26H24F3N3O3. The minimum atomic E-state index is -4.36. The van der Waals surface area contributed by atoms with Crippen molar-refractivity contribution in [2.45, 2.75) is 38.0 Å². The maximum atomic E-state index is 12.8. The number of carboxylic acids is 1. The molecule has 182 valence electrons. The van der Waals surface area contributed by atoms with E-state index in [1.807, 2.05) is 24.3 Å². The molecule has 1 aliphatic carbocycles. The van der Waals surface area contributed by atoms with Crippen LogP contribution in [-0.4, -0.2) is 34.6 Å². The fraction of sp³-hybridized carbons (Fsp3) is 0.269. The number of rotatable bonds is 9. The molecule has 0 radical (unpaired) electrons. The molecule has 0 bridgehead atoms. The summed E-state index contributed by atoms with van der Waals surface area (Å²) in [7, 11) is 0. The van der Waals surface area contributed by atoms with Gasteiger partial charge in [0, 0.05) is 25.3 Å². The fourth-order valence-corrected chi connectivity index (χ4v) is 3.71. The van der Waals surface area contributed by atoms with Crippen LogP contribution in [0.15, 0.2) is 66.9 Å². The second kappa shape index (κ2) is 10.2. The Morgan fingerprint density at radius 2 is 1.60 bits per heavy atom. The van der Waals surface area contributed by atoms with Crippen molar-refractivity contribution in [3.63, 3.8) is 0 Å². The number of nitrogens with zero attached hydrogens (tertiary/aromatic N) is 2. The normalized spacial score (nSPS) is 13.3. The van der Waals surface area contributed by atoms with Gasteiger partial charge in [-0.3, -0.25) is 9.59 Å². The van der Waals surface area contributed by atoms with Gasteiger partial charge in [0.2, 0.25) is 0 Å². The molecule has 0 unspecified atom stereocenters. The number of anilines is 1. The minimum Gasteiger partial charge on any atom is -0.481 e. The van der Waals surface area contributed by atoms with Crippen molar-refractivity contribution in [3.8, 4) is 11.1 Å². The molecule has 1 heterocycles. The smallest absolute Gasteiger partial charge is 0.416 e. The molecule has 1 aliphatic rings. The van der Waals surface area contributed by atoms with Crippen LogP contribution in [0.1, 0.15) is 40.7 Å². The predicted octanol–water partition coefficient (Wildman–Crippen LogP) is 5.14. The van der Waals surface area contributed by atoms with Crippen molar-refractivity contribution >= 4 is 17.7 Å². The summed E-state index contributed by atoms with van der Waals surface area (Å²) in [6, 6.07) is 16.6. The average Bonchev–Trinajstić information content (AvgIpc) is 3.68. The third-order valence-corrected chi connectivity index (χ3v) is 5.77. The maximum Gasteiger partial charge on any atom is 0.416 e. The first-order valence-electron chi connectivity index (χ1n) is 11.2. The van der Waals surface area contributed by atoms with E-state index in [9.17, 15) is 22.8 Å². The first-order valence-corrected chi connectivity index (χ1v) is 11.2. The minimum absolute atomic E-state index is 0.0482. The molecule has 2 aromatic carbocycles. The van der Waals surface area contributed by atoms with E-state index in [0.29, 0.717) is 23.7 Å². The molecule has 4 rings (SSSR count). The molecule has 0 aliphatic heterocycles. The van der Waals surface area contributed by atoms with Gasteiger partial charge in [-0.25, -0.2) is 4.98 Å². The van der Waals surface area contributed by atoms with Gasteiger partial charge in [0.15, 0.2) is 0 Å². The Kier molecular flexibility index (Phi) is 7.04. The quantitative estimate of drug-likeness (QED) is 0.440. The second-order valence-corrected chi connectivity index (χ2v) is 8.44. The maximum absolute atomic E-state index is 12.8. The molecule has 1 aromatic heterocycles. The molecular weight excluding hydrogens is 459 g/mol. The number of nitrogens with one attached hydrogen (secondary N) is 1. The number of hydrogen-bond donors (Lipinski definition) is 2. The Hall–Kier alpha value is -3.88. The van der Waals surface area contributed by atoms with Crippen molar-refractivity contribution in [1.82, 2.24) is 10.3 Å². The van der Waals surface area contributed by atoms with Gasteiger partial charge in [0.25, 0.3) is 5.91 Å². The SMILES string of the molecule is O=C(O)CCNC(=O)c1ccc(N(Cc2ccc(-c3ccc(C(F)(F)F)cc3)cc2)C2CC2)nc1. The number of carbonyl (C=O) groups excluding carboxylic acids is 1. The Morgan fingerprint density at radius 3 is 2.11 bits per heavy atom. The summed E-state index contributed by atoms with van der Waals surface area (Å²) < 4.78 is 38.4. The number of amides is 1. The van der Waals surface area contributed by atoms with Crippen LogP contribution in [0.2, 0.25) is 0 Å². The molecule has 3 aromatic rings. The molecule has 6 nitrogen and oxygen atoms in total. The third-order valence-electron chi connectivity index (χ3n) is 5.77. The molecule has 1 saturated carbocycles. The number of carbonyl (C=O) groups is 2. The molecule has 0 spiro atoms. The average molecular weight is 483 g/mol. The van der Waals surface area contributed by atoms with Gasteiger partial charge in [0.1, 0.15) is 5.82 Å². The number of hydrogen-bond acceptors (Lipinski definition) is 4. The lowest BCUT2D eigenvalue weighted by atomic mass is 10.0. The van der Waals surface area contributed by atoms with Crippen molar-refractivity contribution < 1.29 is 27.9 Å². The lowest BCUT2D eigenvalue weighted by Crippen LogP contribution is -2.27. The highest BCUT2D eigenvalue weighted by Gasteiger charge is 2.31. The summed E-state index contributed by atoms with van der Waals surface area (Å²) in [5.41, 5.74) is 2.26. The van der Waals surface area contributed by atoms with E-state index in [4.69, 9.17) is 5.11 Å². The third kappa shape index (κ3) is 6.38. The highest BCUT2D eigenvalue weighted by molar-refractivity contribution is 5.94. The molecule has 1 amide bonds. The van der Waals surface area contributed by atoms with Crippen LogP contribution in [0.25, 0.3) is 11.1 Å². The van der Waals surface area contributed by atoms with Gasteiger partial charge in [-0.15, -0.1) is 0 Å². The Morgan fingerprint density at radius 1 is 0.971 bits per heavy atom.